The van der Waals surface area contributed by atoms with E-state index in [9.17, 15) is 4.79 Å². The second-order valence-corrected chi connectivity index (χ2v) is 5.01. The van der Waals surface area contributed by atoms with Gasteiger partial charge in [0.15, 0.2) is 0 Å². The second kappa shape index (κ2) is 4.09. The van der Waals surface area contributed by atoms with Gasteiger partial charge in [0.05, 0.1) is 5.54 Å². The predicted octanol–water partition coefficient (Wildman–Crippen LogP) is 2.45. The summed E-state index contributed by atoms with van der Waals surface area (Å²) in [4.78, 5) is 11.7. The SMILES string of the molecule is O=C(NC1(CCl)CCCCC1)C1CC1. The lowest BCUT2D eigenvalue weighted by molar-refractivity contribution is -0.124. The van der Waals surface area contributed by atoms with E-state index >= 15 is 0 Å². The highest BCUT2D eigenvalue weighted by Gasteiger charge is 2.37. The molecule has 0 aromatic rings. The van der Waals surface area contributed by atoms with E-state index in [0.29, 0.717) is 11.8 Å². The van der Waals surface area contributed by atoms with E-state index in [0.717, 1.165) is 25.7 Å². The Morgan fingerprint density at radius 3 is 2.43 bits per heavy atom. The van der Waals surface area contributed by atoms with Crippen molar-refractivity contribution < 1.29 is 4.79 Å². The van der Waals surface area contributed by atoms with Crippen LogP contribution in [0.15, 0.2) is 0 Å². The molecule has 0 atom stereocenters. The monoisotopic (exact) mass is 215 g/mol. The maximum absolute atomic E-state index is 11.7. The molecular weight excluding hydrogens is 198 g/mol. The van der Waals surface area contributed by atoms with Crippen molar-refractivity contribution in [2.24, 2.45) is 5.92 Å². The largest absolute Gasteiger partial charge is 0.349 e. The van der Waals surface area contributed by atoms with Crippen molar-refractivity contribution in [3.05, 3.63) is 0 Å². The van der Waals surface area contributed by atoms with Crippen LogP contribution in [-0.2, 0) is 4.79 Å². The molecule has 80 valence electrons. The van der Waals surface area contributed by atoms with E-state index in [-0.39, 0.29) is 11.4 Å². The number of carbonyl (C=O) groups excluding carboxylic acids is 1. The van der Waals surface area contributed by atoms with Gasteiger partial charge in [0.1, 0.15) is 0 Å². The third kappa shape index (κ3) is 2.22. The number of alkyl halides is 1. The molecule has 0 aliphatic heterocycles. The van der Waals surface area contributed by atoms with Crippen LogP contribution in [0.4, 0.5) is 0 Å². The summed E-state index contributed by atoms with van der Waals surface area (Å²) in [5, 5.41) is 3.17. The van der Waals surface area contributed by atoms with Crippen LogP contribution in [0.3, 0.4) is 0 Å². The van der Waals surface area contributed by atoms with E-state index in [1.807, 2.05) is 0 Å². The first kappa shape index (κ1) is 10.3. The standard InChI is InChI=1S/C11H18ClNO/c12-8-11(6-2-1-3-7-11)13-10(14)9-4-5-9/h9H,1-8H2,(H,13,14). The molecule has 1 amide bonds. The van der Waals surface area contributed by atoms with Crippen LogP contribution in [0, 0.1) is 5.92 Å². The van der Waals surface area contributed by atoms with Crippen molar-refractivity contribution in [1.29, 1.82) is 0 Å². The number of rotatable bonds is 3. The zero-order valence-corrected chi connectivity index (χ0v) is 9.28. The molecule has 1 N–H and O–H groups in total. The van der Waals surface area contributed by atoms with Gasteiger partial charge in [0.25, 0.3) is 0 Å². The van der Waals surface area contributed by atoms with Crippen molar-refractivity contribution in [3.63, 3.8) is 0 Å². The normalized spacial score (nSPS) is 25.8. The molecule has 2 fully saturated rings. The van der Waals surface area contributed by atoms with Crippen LogP contribution in [-0.4, -0.2) is 17.3 Å². The van der Waals surface area contributed by atoms with Gasteiger partial charge in [-0.1, -0.05) is 19.3 Å². The topological polar surface area (TPSA) is 29.1 Å². The molecule has 0 heterocycles. The van der Waals surface area contributed by atoms with Crippen LogP contribution in [0.1, 0.15) is 44.9 Å². The number of amides is 1. The van der Waals surface area contributed by atoms with Crippen LogP contribution >= 0.6 is 11.6 Å². The van der Waals surface area contributed by atoms with Gasteiger partial charge in [-0.2, -0.15) is 0 Å². The van der Waals surface area contributed by atoms with E-state index < -0.39 is 0 Å². The van der Waals surface area contributed by atoms with E-state index in [1.165, 1.54) is 19.3 Å². The number of halogens is 1. The third-order valence-electron chi connectivity index (χ3n) is 3.40. The molecule has 0 aromatic carbocycles. The molecule has 0 saturated heterocycles. The molecule has 2 aliphatic rings. The second-order valence-electron chi connectivity index (χ2n) is 4.74. The van der Waals surface area contributed by atoms with E-state index in [4.69, 9.17) is 11.6 Å². The fourth-order valence-corrected chi connectivity index (χ4v) is 2.56. The predicted molar refractivity (Wildman–Crippen MR) is 57.4 cm³/mol. The highest BCUT2D eigenvalue weighted by molar-refractivity contribution is 6.18. The van der Waals surface area contributed by atoms with Gasteiger partial charge in [-0.3, -0.25) is 4.79 Å². The maximum atomic E-state index is 11.7. The molecule has 2 aliphatic carbocycles. The van der Waals surface area contributed by atoms with Gasteiger partial charge in [-0.25, -0.2) is 0 Å². The smallest absolute Gasteiger partial charge is 0.223 e. The Hall–Kier alpha value is -0.240. The van der Waals surface area contributed by atoms with Crippen LogP contribution in [0.2, 0.25) is 0 Å². The molecule has 2 saturated carbocycles. The minimum Gasteiger partial charge on any atom is -0.349 e. The Morgan fingerprint density at radius 2 is 1.93 bits per heavy atom. The molecule has 2 rings (SSSR count). The molecule has 14 heavy (non-hydrogen) atoms. The highest BCUT2D eigenvalue weighted by atomic mass is 35.5. The zero-order valence-electron chi connectivity index (χ0n) is 8.52. The summed E-state index contributed by atoms with van der Waals surface area (Å²) in [5.41, 5.74) is -0.0700. The minimum atomic E-state index is -0.0700. The lowest BCUT2D eigenvalue weighted by Crippen LogP contribution is -2.51. The van der Waals surface area contributed by atoms with E-state index in [2.05, 4.69) is 5.32 Å². The summed E-state index contributed by atoms with van der Waals surface area (Å²) in [6, 6.07) is 0. The highest BCUT2D eigenvalue weighted by Crippen LogP contribution is 2.33. The van der Waals surface area contributed by atoms with Gasteiger partial charge < -0.3 is 5.32 Å². The van der Waals surface area contributed by atoms with E-state index in [1.54, 1.807) is 0 Å². The molecule has 0 aromatic heterocycles. The van der Waals surface area contributed by atoms with Crippen molar-refractivity contribution in [3.8, 4) is 0 Å². The van der Waals surface area contributed by atoms with Gasteiger partial charge >= 0.3 is 0 Å². The molecular formula is C11H18ClNO. The van der Waals surface area contributed by atoms with Crippen LogP contribution < -0.4 is 5.32 Å². The Kier molecular flexibility index (Phi) is 3.01. The molecule has 0 spiro atoms. The van der Waals surface area contributed by atoms with Crippen molar-refractivity contribution in [1.82, 2.24) is 5.32 Å². The van der Waals surface area contributed by atoms with Gasteiger partial charge in [0.2, 0.25) is 5.91 Å². The number of carbonyl (C=O) groups is 1. The summed E-state index contributed by atoms with van der Waals surface area (Å²) in [7, 11) is 0. The summed E-state index contributed by atoms with van der Waals surface area (Å²) in [6.45, 7) is 0. The van der Waals surface area contributed by atoms with Crippen molar-refractivity contribution >= 4 is 17.5 Å². The van der Waals surface area contributed by atoms with Gasteiger partial charge in [-0.15, -0.1) is 11.6 Å². The van der Waals surface area contributed by atoms with Crippen molar-refractivity contribution in [2.45, 2.75) is 50.5 Å². The Morgan fingerprint density at radius 1 is 1.29 bits per heavy atom. The van der Waals surface area contributed by atoms with Crippen LogP contribution in [0.25, 0.3) is 0 Å². The Labute approximate surface area is 90.4 Å². The minimum absolute atomic E-state index is 0.0700. The molecule has 0 bridgehead atoms. The summed E-state index contributed by atoms with van der Waals surface area (Å²) in [5.74, 6) is 1.12. The fourth-order valence-electron chi connectivity index (χ4n) is 2.23. The third-order valence-corrected chi connectivity index (χ3v) is 3.91. The average molecular weight is 216 g/mol. The number of hydrogen-bond acceptors (Lipinski definition) is 1. The van der Waals surface area contributed by atoms with Crippen molar-refractivity contribution in [2.75, 3.05) is 5.88 Å². The summed E-state index contributed by atoms with van der Waals surface area (Å²) in [6.07, 6.45) is 7.98. The molecule has 0 radical (unpaired) electrons. The first-order valence-corrected chi connectivity index (χ1v) is 6.17. The first-order valence-electron chi connectivity index (χ1n) is 5.64. The lowest BCUT2D eigenvalue weighted by atomic mass is 9.83. The van der Waals surface area contributed by atoms with Gasteiger partial charge in [0, 0.05) is 11.8 Å². The molecule has 3 heteroatoms. The molecule has 0 unspecified atom stereocenters. The Balaban J connectivity index is 1.92. The number of hydrogen-bond donors (Lipinski definition) is 1. The fraction of sp³-hybridized carbons (Fsp3) is 0.909. The summed E-state index contributed by atoms with van der Waals surface area (Å²) < 4.78 is 0. The molecule has 2 nitrogen and oxygen atoms in total. The lowest BCUT2D eigenvalue weighted by Gasteiger charge is -2.36. The summed E-state index contributed by atoms with van der Waals surface area (Å²) >= 11 is 5.99. The quantitative estimate of drug-likeness (QED) is 0.720. The van der Waals surface area contributed by atoms with Crippen LogP contribution in [0.5, 0.6) is 0 Å². The Bertz CT molecular complexity index is 219. The zero-order chi connectivity index (χ0) is 10.0. The first-order chi connectivity index (χ1) is 6.76. The maximum Gasteiger partial charge on any atom is 0.223 e. The van der Waals surface area contributed by atoms with Gasteiger partial charge in [-0.05, 0) is 25.7 Å². The average Bonchev–Trinajstić information content (AvgIpc) is 3.02. The number of nitrogens with one attached hydrogen (secondary N) is 1.